The van der Waals surface area contributed by atoms with Crippen LogP contribution in [0.25, 0.3) is 0 Å². The molecule has 142 valence electrons. The van der Waals surface area contributed by atoms with Crippen molar-refractivity contribution in [2.45, 2.75) is 24.4 Å². The zero-order valence-corrected chi connectivity index (χ0v) is 15.4. The fourth-order valence-electron chi connectivity index (χ4n) is 2.45. The molecule has 10 heteroatoms. The first-order chi connectivity index (χ1) is 12.4. The molecule has 0 aliphatic carbocycles. The summed E-state index contributed by atoms with van der Waals surface area (Å²) in [7, 11) is 3.04. The largest absolute Gasteiger partial charge is 0.497 e. The number of rotatable bonds is 8. The SMILES string of the molecule is COc1ccc(NC(=O)CSC2NC(=O)CC(CC(N)=O)N2)c(OC)c1. The Morgan fingerprint density at radius 2 is 2.12 bits per heavy atom. The van der Waals surface area contributed by atoms with E-state index in [-0.39, 0.29) is 36.5 Å². The standard InChI is InChI=1S/C16H22N4O5S/c1-24-10-3-4-11(12(7-10)25-2)19-15(23)8-26-16-18-9(5-13(17)21)6-14(22)20-16/h3-4,7,9,16,18H,5-6,8H2,1-2H3,(H2,17,21)(H,19,23)(H,20,22). The van der Waals surface area contributed by atoms with Crippen LogP contribution in [0.4, 0.5) is 5.69 Å². The second-order valence-electron chi connectivity index (χ2n) is 5.61. The van der Waals surface area contributed by atoms with Crippen LogP contribution >= 0.6 is 11.8 Å². The first kappa shape index (κ1) is 19.9. The maximum Gasteiger partial charge on any atom is 0.234 e. The summed E-state index contributed by atoms with van der Waals surface area (Å²) in [6.45, 7) is 0. The van der Waals surface area contributed by atoms with E-state index in [9.17, 15) is 14.4 Å². The number of carbonyl (C=O) groups excluding carboxylic acids is 3. The van der Waals surface area contributed by atoms with E-state index >= 15 is 0 Å². The Hall–Kier alpha value is -2.46. The van der Waals surface area contributed by atoms with Crippen LogP contribution in [0.2, 0.25) is 0 Å². The van der Waals surface area contributed by atoms with Crippen molar-refractivity contribution in [2.24, 2.45) is 5.73 Å². The van der Waals surface area contributed by atoms with Gasteiger partial charge in [0.1, 0.15) is 17.0 Å². The third-order valence-electron chi connectivity index (χ3n) is 3.62. The van der Waals surface area contributed by atoms with E-state index in [0.717, 1.165) is 0 Å². The van der Waals surface area contributed by atoms with E-state index in [2.05, 4.69) is 16.0 Å². The molecule has 0 bridgehead atoms. The average molecular weight is 382 g/mol. The zero-order chi connectivity index (χ0) is 19.1. The first-order valence-corrected chi connectivity index (χ1v) is 8.93. The lowest BCUT2D eigenvalue weighted by atomic mass is 10.1. The number of nitrogens with one attached hydrogen (secondary N) is 3. The van der Waals surface area contributed by atoms with E-state index in [1.165, 1.54) is 18.9 Å². The Morgan fingerprint density at radius 3 is 2.77 bits per heavy atom. The van der Waals surface area contributed by atoms with E-state index in [0.29, 0.717) is 17.2 Å². The van der Waals surface area contributed by atoms with Gasteiger partial charge in [0, 0.05) is 24.9 Å². The van der Waals surface area contributed by atoms with Gasteiger partial charge in [-0.05, 0) is 12.1 Å². The molecule has 0 aromatic heterocycles. The fourth-order valence-corrected chi connectivity index (χ4v) is 3.35. The third kappa shape index (κ3) is 5.81. The molecule has 26 heavy (non-hydrogen) atoms. The van der Waals surface area contributed by atoms with Gasteiger partial charge in [0.25, 0.3) is 0 Å². The summed E-state index contributed by atoms with van der Waals surface area (Å²) < 4.78 is 10.3. The minimum Gasteiger partial charge on any atom is -0.497 e. The Balaban J connectivity index is 1.88. The molecule has 5 N–H and O–H groups in total. The number of anilines is 1. The number of methoxy groups -OCH3 is 2. The van der Waals surface area contributed by atoms with Crippen molar-refractivity contribution in [2.75, 3.05) is 25.3 Å². The van der Waals surface area contributed by atoms with Gasteiger partial charge >= 0.3 is 0 Å². The highest BCUT2D eigenvalue weighted by molar-refractivity contribution is 8.00. The van der Waals surface area contributed by atoms with Crippen molar-refractivity contribution in [3.8, 4) is 11.5 Å². The monoisotopic (exact) mass is 382 g/mol. The van der Waals surface area contributed by atoms with Gasteiger partial charge in [-0.2, -0.15) is 0 Å². The average Bonchev–Trinajstić information content (AvgIpc) is 2.59. The van der Waals surface area contributed by atoms with Crippen LogP contribution in [0.15, 0.2) is 18.2 Å². The molecule has 9 nitrogen and oxygen atoms in total. The van der Waals surface area contributed by atoms with Gasteiger partial charge in [-0.25, -0.2) is 0 Å². The van der Waals surface area contributed by atoms with E-state index in [1.54, 1.807) is 25.3 Å². The number of hydrogen-bond acceptors (Lipinski definition) is 7. The van der Waals surface area contributed by atoms with Crippen LogP contribution in [-0.4, -0.2) is 49.2 Å². The van der Waals surface area contributed by atoms with Gasteiger partial charge in [-0.1, -0.05) is 0 Å². The highest BCUT2D eigenvalue weighted by atomic mass is 32.2. The number of benzene rings is 1. The molecule has 1 aromatic rings. The van der Waals surface area contributed by atoms with Gasteiger partial charge in [0.2, 0.25) is 17.7 Å². The Bertz CT molecular complexity index is 683. The number of primary amides is 1. The summed E-state index contributed by atoms with van der Waals surface area (Å²) in [4.78, 5) is 34.9. The van der Waals surface area contributed by atoms with E-state index in [1.807, 2.05) is 0 Å². The molecule has 0 spiro atoms. The lowest BCUT2D eigenvalue weighted by Crippen LogP contribution is -2.55. The molecule has 1 saturated heterocycles. The molecule has 1 fully saturated rings. The molecule has 2 rings (SSSR count). The summed E-state index contributed by atoms with van der Waals surface area (Å²) in [5.74, 6) is 0.259. The number of carbonyl (C=O) groups is 3. The summed E-state index contributed by atoms with van der Waals surface area (Å²) in [6.07, 6.45) is 0.245. The number of hydrogen-bond donors (Lipinski definition) is 4. The molecule has 1 heterocycles. The number of amides is 3. The fraction of sp³-hybridized carbons (Fsp3) is 0.438. The summed E-state index contributed by atoms with van der Waals surface area (Å²) in [5, 5.41) is 8.55. The second-order valence-corrected chi connectivity index (χ2v) is 6.70. The topological polar surface area (TPSA) is 132 Å². The van der Waals surface area contributed by atoms with Crippen molar-refractivity contribution in [3.63, 3.8) is 0 Å². The molecule has 0 radical (unpaired) electrons. The molecular weight excluding hydrogens is 360 g/mol. The summed E-state index contributed by atoms with van der Waals surface area (Å²) in [6, 6.07) is 4.73. The molecule has 3 amide bonds. The molecular formula is C16H22N4O5S. The van der Waals surface area contributed by atoms with Gasteiger partial charge in [0.15, 0.2) is 0 Å². The minimum atomic E-state index is -0.481. The van der Waals surface area contributed by atoms with Crippen LogP contribution in [0, 0.1) is 0 Å². The Labute approximate surface area is 155 Å². The van der Waals surface area contributed by atoms with Crippen molar-refractivity contribution < 1.29 is 23.9 Å². The van der Waals surface area contributed by atoms with Crippen molar-refractivity contribution >= 4 is 35.2 Å². The second kappa shape index (κ2) is 9.30. The Kier molecular flexibility index (Phi) is 7.10. The smallest absolute Gasteiger partial charge is 0.234 e. The van der Waals surface area contributed by atoms with E-state index < -0.39 is 11.4 Å². The summed E-state index contributed by atoms with van der Waals surface area (Å²) >= 11 is 1.21. The van der Waals surface area contributed by atoms with Crippen molar-refractivity contribution in [1.29, 1.82) is 0 Å². The Morgan fingerprint density at radius 1 is 1.35 bits per heavy atom. The third-order valence-corrected chi connectivity index (χ3v) is 4.64. The highest BCUT2D eigenvalue weighted by Gasteiger charge is 2.27. The molecule has 1 aliphatic heterocycles. The van der Waals surface area contributed by atoms with Crippen LogP contribution in [0.5, 0.6) is 11.5 Å². The van der Waals surface area contributed by atoms with E-state index in [4.69, 9.17) is 15.2 Å². The highest BCUT2D eigenvalue weighted by Crippen LogP contribution is 2.29. The van der Waals surface area contributed by atoms with Gasteiger partial charge in [-0.3, -0.25) is 19.7 Å². The van der Waals surface area contributed by atoms with Crippen LogP contribution < -0.4 is 31.2 Å². The quantitative estimate of drug-likeness (QED) is 0.498. The lowest BCUT2D eigenvalue weighted by molar-refractivity contribution is -0.124. The predicted octanol–water partition coefficient (Wildman–Crippen LogP) is 0.0126. The van der Waals surface area contributed by atoms with Crippen LogP contribution in [0.3, 0.4) is 0 Å². The summed E-state index contributed by atoms with van der Waals surface area (Å²) in [5.41, 5.74) is 5.22. The van der Waals surface area contributed by atoms with Gasteiger partial charge in [-0.15, -0.1) is 11.8 Å². The van der Waals surface area contributed by atoms with Gasteiger partial charge in [0.05, 0.1) is 25.7 Å². The van der Waals surface area contributed by atoms with Crippen molar-refractivity contribution in [3.05, 3.63) is 18.2 Å². The predicted molar refractivity (Wildman–Crippen MR) is 97.9 cm³/mol. The van der Waals surface area contributed by atoms with Gasteiger partial charge < -0.3 is 25.8 Å². The molecule has 1 aromatic carbocycles. The molecule has 1 aliphatic rings. The number of thioether (sulfide) groups is 1. The lowest BCUT2D eigenvalue weighted by Gasteiger charge is -2.30. The normalized spacial score (nSPS) is 19.4. The van der Waals surface area contributed by atoms with Crippen LogP contribution in [0.1, 0.15) is 12.8 Å². The minimum absolute atomic E-state index is 0.0692. The van der Waals surface area contributed by atoms with Crippen molar-refractivity contribution in [1.82, 2.24) is 10.6 Å². The number of nitrogens with two attached hydrogens (primary N) is 1. The maximum absolute atomic E-state index is 12.2. The van der Waals surface area contributed by atoms with Crippen LogP contribution in [-0.2, 0) is 14.4 Å². The molecule has 2 unspecified atom stereocenters. The molecule has 0 saturated carbocycles. The number of ether oxygens (including phenoxy) is 2. The molecule has 2 atom stereocenters. The first-order valence-electron chi connectivity index (χ1n) is 7.88. The maximum atomic E-state index is 12.2. The zero-order valence-electron chi connectivity index (χ0n) is 14.5.